The first kappa shape index (κ1) is 12.2. The van der Waals surface area contributed by atoms with Crippen LogP contribution in [0.15, 0.2) is 24.3 Å². The molecule has 98 valence electrons. The molecule has 0 bridgehead atoms. The van der Waals surface area contributed by atoms with E-state index in [1.54, 1.807) is 0 Å². The first-order valence-electron chi connectivity index (χ1n) is 7.29. The third kappa shape index (κ3) is 3.82. The van der Waals surface area contributed by atoms with Gasteiger partial charge in [-0.15, -0.1) is 0 Å². The Bertz CT molecular complexity index is 394. The Morgan fingerprint density at radius 1 is 1.17 bits per heavy atom. The minimum atomic E-state index is 0.797. The summed E-state index contributed by atoms with van der Waals surface area (Å²) < 4.78 is 0. The molecular weight excluding hydrogens is 220 g/mol. The maximum Gasteiger partial charge on any atom is 0.0230 e. The summed E-state index contributed by atoms with van der Waals surface area (Å²) in [5.74, 6) is 0.981. The average molecular weight is 244 g/mol. The first-order chi connectivity index (χ1) is 8.79. The smallest absolute Gasteiger partial charge is 0.0230 e. The van der Waals surface area contributed by atoms with Crippen LogP contribution in [0.3, 0.4) is 0 Å². The molecule has 0 amide bonds. The van der Waals surface area contributed by atoms with Gasteiger partial charge in [0.2, 0.25) is 0 Å². The molecule has 2 nitrogen and oxygen atoms in total. The van der Waals surface area contributed by atoms with Crippen LogP contribution in [0, 0.1) is 5.92 Å². The average Bonchev–Trinajstić information content (AvgIpc) is 3.22. The van der Waals surface area contributed by atoms with E-state index in [0.717, 1.165) is 25.0 Å². The van der Waals surface area contributed by atoms with Gasteiger partial charge in [0.05, 0.1) is 0 Å². The Morgan fingerprint density at radius 3 is 2.67 bits per heavy atom. The predicted octanol–water partition coefficient (Wildman–Crippen LogP) is 2.78. The van der Waals surface area contributed by atoms with Crippen molar-refractivity contribution < 1.29 is 0 Å². The monoisotopic (exact) mass is 244 g/mol. The Hall–Kier alpha value is -0.860. The fourth-order valence-electron chi connectivity index (χ4n) is 2.51. The van der Waals surface area contributed by atoms with Crippen molar-refractivity contribution in [3.8, 4) is 0 Å². The van der Waals surface area contributed by atoms with Crippen molar-refractivity contribution in [2.24, 2.45) is 5.92 Å². The molecule has 0 saturated heterocycles. The molecule has 18 heavy (non-hydrogen) atoms. The van der Waals surface area contributed by atoms with Crippen molar-refractivity contribution in [1.29, 1.82) is 0 Å². The second-order valence-corrected chi connectivity index (χ2v) is 6.12. The molecule has 2 aliphatic carbocycles. The van der Waals surface area contributed by atoms with Gasteiger partial charge in [-0.25, -0.2) is 0 Å². The van der Waals surface area contributed by atoms with Gasteiger partial charge in [-0.1, -0.05) is 24.3 Å². The number of rotatable bonds is 7. The third-order valence-electron chi connectivity index (χ3n) is 3.88. The van der Waals surface area contributed by atoms with Gasteiger partial charge < -0.3 is 10.2 Å². The van der Waals surface area contributed by atoms with E-state index in [-0.39, 0.29) is 0 Å². The zero-order chi connectivity index (χ0) is 12.4. The van der Waals surface area contributed by atoms with Gasteiger partial charge in [0.25, 0.3) is 0 Å². The zero-order valence-electron chi connectivity index (χ0n) is 11.4. The molecule has 0 heterocycles. The number of nitrogens with one attached hydrogen (secondary N) is 1. The molecule has 0 radical (unpaired) electrons. The van der Waals surface area contributed by atoms with E-state index in [2.05, 4.69) is 41.5 Å². The highest BCUT2D eigenvalue weighted by Crippen LogP contribution is 2.29. The summed E-state index contributed by atoms with van der Waals surface area (Å²) in [6.45, 7) is 3.39. The Morgan fingerprint density at radius 2 is 1.94 bits per heavy atom. The SMILES string of the molecule is CN(Cc1cccc(CNC2CC2)c1)CC1CC1. The summed E-state index contributed by atoms with van der Waals surface area (Å²) in [6.07, 6.45) is 5.61. The third-order valence-corrected chi connectivity index (χ3v) is 3.88. The first-order valence-corrected chi connectivity index (χ1v) is 7.29. The molecular formula is C16H24N2. The van der Waals surface area contributed by atoms with Crippen LogP contribution in [0.5, 0.6) is 0 Å². The van der Waals surface area contributed by atoms with Crippen LogP contribution < -0.4 is 5.32 Å². The van der Waals surface area contributed by atoms with Crippen molar-refractivity contribution in [2.45, 2.75) is 44.8 Å². The summed E-state index contributed by atoms with van der Waals surface area (Å²) >= 11 is 0. The highest BCUT2D eigenvalue weighted by atomic mass is 15.1. The van der Waals surface area contributed by atoms with Gasteiger partial charge >= 0.3 is 0 Å². The van der Waals surface area contributed by atoms with E-state index >= 15 is 0 Å². The lowest BCUT2D eigenvalue weighted by Crippen LogP contribution is -2.20. The molecule has 0 spiro atoms. The predicted molar refractivity (Wildman–Crippen MR) is 75.4 cm³/mol. The summed E-state index contributed by atoms with van der Waals surface area (Å²) in [6, 6.07) is 9.85. The van der Waals surface area contributed by atoms with Crippen molar-refractivity contribution in [3.63, 3.8) is 0 Å². The van der Waals surface area contributed by atoms with Crippen LogP contribution in [-0.2, 0) is 13.1 Å². The number of nitrogens with zero attached hydrogens (tertiary/aromatic N) is 1. The van der Waals surface area contributed by atoms with Crippen LogP contribution in [0.2, 0.25) is 0 Å². The van der Waals surface area contributed by atoms with Gasteiger partial charge in [0.1, 0.15) is 0 Å². The van der Waals surface area contributed by atoms with Gasteiger partial charge in [0.15, 0.2) is 0 Å². The van der Waals surface area contributed by atoms with Crippen LogP contribution in [-0.4, -0.2) is 24.5 Å². The van der Waals surface area contributed by atoms with E-state index in [9.17, 15) is 0 Å². The molecule has 0 aromatic heterocycles. The second-order valence-electron chi connectivity index (χ2n) is 6.12. The summed E-state index contributed by atoms with van der Waals surface area (Å²) in [5, 5.41) is 3.58. The Labute approximate surface area is 110 Å². The molecule has 1 aromatic carbocycles. The van der Waals surface area contributed by atoms with Crippen molar-refractivity contribution in [1.82, 2.24) is 10.2 Å². The number of benzene rings is 1. The number of hydrogen-bond donors (Lipinski definition) is 1. The summed E-state index contributed by atoms with van der Waals surface area (Å²) in [7, 11) is 2.24. The zero-order valence-corrected chi connectivity index (χ0v) is 11.4. The van der Waals surface area contributed by atoms with Gasteiger partial charge in [0, 0.05) is 25.7 Å². The quantitative estimate of drug-likeness (QED) is 0.793. The fourth-order valence-corrected chi connectivity index (χ4v) is 2.51. The maximum atomic E-state index is 3.58. The van der Waals surface area contributed by atoms with E-state index in [1.165, 1.54) is 43.4 Å². The topological polar surface area (TPSA) is 15.3 Å². The lowest BCUT2D eigenvalue weighted by Gasteiger charge is -2.16. The number of hydrogen-bond acceptors (Lipinski definition) is 2. The Kier molecular flexibility index (Phi) is 3.67. The van der Waals surface area contributed by atoms with Gasteiger partial charge in [-0.2, -0.15) is 0 Å². The van der Waals surface area contributed by atoms with Crippen LogP contribution in [0.4, 0.5) is 0 Å². The minimum absolute atomic E-state index is 0.797. The normalized spacial score (nSPS) is 19.4. The maximum absolute atomic E-state index is 3.58. The standard InChI is InChI=1S/C16H24N2/c1-18(11-13-5-6-13)12-15-4-2-3-14(9-15)10-17-16-7-8-16/h2-4,9,13,16-17H,5-8,10-12H2,1H3. The van der Waals surface area contributed by atoms with Crippen LogP contribution >= 0.6 is 0 Å². The molecule has 2 heteroatoms. The highest BCUT2D eigenvalue weighted by molar-refractivity contribution is 5.23. The summed E-state index contributed by atoms with van der Waals surface area (Å²) in [4.78, 5) is 2.46. The van der Waals surface area contributed by atoms with Crippen molar-refractivity contribution >= 4 is 0 Å². The van der Waals surface area contributed by atoms with Gasteiger partial charge in [-0.05, 0) is 49.8 Å². The molecule has 0 atom stereocenters. The van der Waals surface area contributed by atoms with Crippen molar-refractivity contribution in [2.75, 3.05) is 13.6 Å². The highest BCUT2D eigenvalue weighted by Gasteiger charge is 2.22. The van der Waals surface area contributed by atoms with Crippen LogP contribution in [0.25, 0.3) is 0 Å². The molecule has 2 fully saturated rings. The molecule has 3 rings (SSSR count). The van der Waals surface area contributed by atoms with E-state index in [0.29, 0.717) is 0 Å². The largest absolute Gasteiger partial charge is 0.310 e. The fraction of sp³-hybridized carbons (Fsp3) is 0.625. The molecule has 0 unspecified atom stereocenters. The van der Waals surface area contributed by atoms with E-state index < -0.39 is 0 Å². The molecule has 2 saturated carbocycles. The lowest BCUT2D eigenvalue weighted by atomic mass is 10.1. The summed E-state index contributed by atoms with van der Waals surface area (Å²) in [5.41, 5.74) is 2.88. The van der Waals surface area contributed by atoms with E-state index in [1.807, 2.05) is 0 Å². The molecule has 2 aliphatic rings. The molecule has 1 aromatic rings. The molecule has 0 aliphatic heterocycles. The van der Waals surface area contributed by atoms with E-state index in [4.69, 9.17) is 0 Å². The molecule has 1 N–H and O–H groups in total. The van der Waals surface area contributed by atoms with Gasteiger partial charge in [-0.3, -0.25) is 0 Å². The van der Waals surface area contributed by atoms with Crippen molar-refractivity contribution in [3.05, 3.63) is 35.4 Å². The second kappa shape index (κ2) is 5.41. The Balaban J connectivity index is 1.51. The minimum Gasteiger partial charge on any atom is -0.310 e. The van der Waals surface area contributed by atoms with Crippen LogP contribution in [0.1, 0.15) is 36.8 Å². The lowest BCUT2D eigenvalue weighted by molar-refractivity contribution is 0.313.